The monoisotopic (exact) mass is 314 g/mol. The largest absolute Gasteiger partial charge is 0.375 e. The van der Waals surface area contributed by atoms with E-state index in [1.54, 1.807) is 12.1 Å². The molecule has 0 saturated carbocycles. The van der Waals surface area contributed by atoms with Crippen LogP contribution in [0.3, 0.4) is 0 Å². The first-order chi connectivity index (χ1) is 11.2. The number of pyridine rings is 1. The molecule has 0 amide bonds. The minimum atomic E-state index is -0.185. The molecular formula is C19H23FN2O. The van der Waals surface area contributed by atoms with Crippen molar-refractivity contribution in [3.63, 3.8) is 0 Å². The lowest BCUT2D eigenvalue weighted by Gasteiger charge is -2.32. The molecule has 23 heavy (non-hydrogen) atoms. The normalized spacial score (nSPS) is 19.0. The number of aryl methyl sites for hydroxylation is 1. The van der Waals surface area contributed by atoms with Crippen LogP contribution in [0.1, 0.15) is 23.7 Å². The maximum atomic E-state index is 13.3. The lowest BCUT2D eigenvalue weighted by atomic mass is 10.1. The zero-order valence-corrected chi connectivity index (χ0v) is 13.5. The van der Waals surface area contributed by atoms with E-state index in [2.05, 4.69) is 28.9 Å². The summed E-state index contributed by atoms with van der Waals surface area (Å²) in [6, 6.07) is 11.0. The van der Waals surface area contributed by atoms with Crippen LogP contribution in [0.5, 0.6) is 0 Å². The highest BCUT2D eigenvalue weighted by Crippen LogP contribution is 2.15. The van der Waals surface area contributed by atoms with Crippen molar-refractivity contribution in [3.05, 3.63) is 65.2 Å². The van der Waals surface area contributed by atoms with Gasteiger partial charge in [-0.25, -0.2) is 4.39 Å². The average Bonchev–Trinajstić information content (AvgIpc) is 2.56. The van der Waals surface area contributed by atoms with Crippen molar-refractivity contribution in [1.82, 2.24) is 9.88 Å². The molecule has 3 rings (SSSR count). The highest BCUT2D eigenvalue weighted by molar-refractivity contribution is 5.17. The van der Waals surface area contributed by atoms with Gasteiger partial charge in [0.05, 0.1) is 18.4 Å². The van der Waals surface area contributed by atoms with Gasteiger partial charge in [-0.1, -0.05) is 25.1 Å². The highest BCUT2D eigenvalue weighted by atomic mass is 19.1. The first-order valence-electron chi connectivity index (χ1n) is 8.25. The fourth-order valence-corrected chi connectivity index (χ4v) is 2.96. The van der Waals surface area contributed by atoms with E-state index in [4.69, 9.17) is 4.74 Å². The van der Waals surface area contributed by atoms with Crippen LogP contribution < -0.4 is 0 Å². The predicted octanol–water partition coefficient (Wildman–Crippen LogP) is 3.23. The lowest BCUT2D eigenvalue weighted by molar-refractivity contribution is -0.0308. The van der Waals surface area contributed by atoms with Crippen molar-refractivity contribution in [2.24, 2.45) is 0 Å². The molecule has 1 aliphatic heterocycles. The van der Waals surface area contributed by atoms with Crippen molar-refractivity contribution >= 4 is 0 Å². The number of morpholine rings is 1. The summed E-state index contributed by atoms with van der Waals surface area (Å²) in [5.74, 6) is -0.185. The van der Waals surface area contributed by atoms with Crippen molar-refractivity contribution < 1.29 is 9.13 Å². The number of hydrogen-bond acceptors (Lipinski definition) is 3. The summed E-state index contributed by atoms with van der Waals surface area (Å²) < 4.78 is 19.1. The topological polar surface area (TPSA) is 25.4 Å². The minimum absolute atomic E-state index is 0.112. The Morgan fingerprint density at radius 1 is 1.26 bits per heavy atom. The molecule has 3 nitrogen and oxygen atoms in total. The summed E-state index contributed by atoms with van der Waals surface area (Å²) in [5, 5.41) is 0. The van der Waals surface area contributed by atoms with Gasteiger partial charge in [0.15, 0.2) is 0 Å². The molecule has 0 N–H and O–H groups in total. The van der Waals surface area contributed by atoms with Crippen LogP contribution >= 0.6 is 0 Å². The van der Waals surface area contributed by atoms with Crippen molar-refractivity contribution in [2.75, 3.05) is 19.7 Å². The second-order valence-electron chi connectivity index (χ2n) is 6.07. The van der Waals surface area contributed by atoms with E-state index in [1.165, 1.54) is 11.6 Å². The Balaban J connectivity index is 1.57. The van der Waals surface area contributed by atoms with Crippen LogP contribution in [0.2, 0.25) is 0 Å². The molecule has 1 aromatic carbocycles. The van der Waals surface area contributed by atoms with Gasteiger partial charge in [-0.2, -0.15) is 0 Å². The zero-order valence-electron chi connectivity index (χ0n) is 13.5. The summed E-state index contributed by atoms with van der Waals surface area (Å²) >= 11 is 0. The van der Waals surface area contributed by atoms with Gasteiger partial charge in [-0.15, -0.1) is 0 Å². The first-order valence-corrected chi connectivity index (χ1v) is 8.25. The summed E-state index contributed by atoms with van der Waals surface area (Å²) in [6.07, 6.45) is 3.83. The number of rotatable bonds is 5. The van der Waals surface area contributed by atoms with E-state index >= 15 is 0 Å². The summed E-state index contributed by atoms with van der Waals surface area (Å²) in [6.45, 7) is 5.46. The third kappa shape index (κ3) is 4.60. The van der Waals surface area contributed by atoms with Crippen LogP contribution in [0.15, 0.2) is 42.6 Å². The molecule has 0 radical (unpaired) electrons. The first kappa shape index (κ1) is 16.1. The average molecular weight is 314 g/mol. The molecular weight excluding hydrogens is 291 g/mol. The molecule has 2 aromatic rings. The van der Waals surface area contributed by atoms with Gasteiger partial charge in [-0.05, 0) is 42.2 Å². The maximum absolute atomic E-state index is 13.3. The van der Waals surface area contributed by atoms with Crippen LogP contribution in [0.4, 0.5) is 4.39 Å². The number of nitrogens with zero attached hydrogens (tertiary/aromatic N) is 2. The van der Waals surface area contributed by atoms with E-state index in [-0.39, 0.29) is 11.9 Å². The highest BCUT2D eigenvalue weighted by Gasteiger charge is 2.21. The molecule has 2 heterocycles. The Morgan fingerprint density at radius 2 is 2.17 bits per heavy atom. The molecule has 1 unspecified atom stereocenters. The minimum Gasteiger partial charge on any atom is -0.375 e. The van der Waals surface area contributed by atoms with Gasteiger partial charge in [0.2, 0.25) is 0 Å². The van der Waals surface area contributed by atoms with E-state index in [1.807, 2.05) is 12.3 Å². The van der Waals surface area contributed by atoms with Gasteiger partial charge in [0.1, 0.15) is 5.82 Å². The Hall–Kier alpha value is -1.78. The van der Waals surface area contributed by atoms with Gasteiger partial charge in [0, 0.05) is 25.8 Å². The molecule has 1 atom stereocenters. The van der Waals surface area contributed by atoms with Gasteiger partial charge < -0.3 is 4.74 Å². The van der Waals surface area contributed by atoms with E-state index in [0.717, 1.165) is 43.7 Å². The molecule has 4 heteroatoms. The van der Waals surface area contributed by atoms with Crippen LogP contribution in [-0.4, -0.2) is 35.7 Å². The van der Waals surface area contributed by atoms with E-state index in [0.29, 0.717) is 6.61 Å². The number of halogens is 1. The molecule has 122 valence electrons. The summed E-state index contributed by atoms with van der Waals surface area (Å²) in [4.78, 5) is 6.89. The van der Waals surface area contributed by atoms with Crippen molar-refractivity contribution in [3.8, 4) is 0 Å². The molecule has 1 aromatic heterocycles. The Labute approximate surface area is 137 Å². The number of benzene rings is 1. The number of ether oxygens (including phenoxy) is 1. The van der Waals surface area contributed by atoms with Crippen LogP contribution in [0.25, 0.3) is 0 Å². The van der Waals surface area contributed by atoms with Crippen molar-refractivity contribution in [1.29, 1.82) is 0 Å². The molecule has 1 fully saturated rings. The standard InChI is InChI=1S/C19H23FN2O/c1-2-15-6-7-18(21-12-15)13-22-8-9-23-19(14-22)11-16-4-3-5-17(20)10-16/h3-7,10,12,19H,2,8-9,11,13-14H2,1H3. The molecule has 0 aliphatic carbocycles. The van der Waals surface area contributed by atoms with Crippen molar-refractivity contribution in [2.45, 2.75) is 32.4 Å². The molecule has 0 spiro atoms. The van der Waals surface area contributed by atoms with Crippen LogP contribution in [0, 0.1) is 5.82 Å². The van der Waals surface area contributed by atoms with Gasteiger partial charge in [0.25, 0.3) is 0 Å². The molecule has 0 bridgehead atoms. The number of aromatic nitrogens is 1. The predicted molar refractivity (Wildman–Crippen MR) is 88.7 cm³/mol. The van der Waals surface area contributed by atoms with Gasteiger partial charge >= 0.3 is 0 Å². The summed E-state index contributed by atoms with van der Waals surface area (Å²) in [5.41, 5.74) is 3.34. The second-order valence-corrected chi connectivity index (χ2v) is 6.07. The molecule has 1 saturated heterocycles. The fraction of sp³-hybridized carbons (Fsp3) is 0.421. The SMILES string of the molecule is CCc1ccc(CN2CCOC(Cc3cccc(F)c3)C2)nc1. The third-order valence-electron chi connectivity index (χ3n) is 4.26. The van der Waals surface area contributed by atoms with Crippen LogP contribution in [-0.2, 0) is 24.1 Å². The second kappa shape index (κ2) is 7.66. The Kier molecular flexibility index (Phi) is 5.36. The smallest absolute Gasteiger partial charge is 0.123 e. The zero-order chi connectivity index (χ0) is 16.1. The molecule has 1 aliphatic rings. The fourth-order valence-electron chi connectivity index (χ4n) is 2.96. The quantitative estimate of drug-likeness (QED) is 0.847. The third-order valence-corrected chi connectivity index (χ3v) is 4.26. The lowest BCUT2D eigenvalue weighted by Crippen LogP contribution is -2.43. The number of hydrogen-bond donors (Lipinski definition) is 0. The van der Waals surface area contributed by atoms with E-state index < -0.39 is 0 Å². The summed E-state index contributed by atoms with van der Waals surface area (Å²) in [7, 11) is 0. The van der Waals surface area contributed by atoms with E-state index in [9.17, 15) is 4.39 Å². The Bertz CT molecular complexity index is 630. The maximum Gasteiger partial charge on any atom is 0.123 e. The van der Waals surface area contributed by atoms with Gasteiger partial charge in [-0.3, -0.25) is 9.88 Å². The Morgan fingerprint density at radius 3 is 2.91 bits per heavy atom.